The maximum absolute atomic E-state index is 12.9. The van der Waals surface area contributed by atoms with E-state index >= 15 is 0 Å². The second-order valence-corrected chi connectivity index (χ2v) is 6.61. The summed E-state index contributed by atoms with van der Waals surface area (Å²) < 4.78 is 23.5. The lowest BCUT2D eigenvalue weighted by molar-refractivity contribution is -0.152. The van der Waals surface area contributed by atoms with Crippen LogP contribution in [-0.4, -0.2) is 34.6 Å². The molecule has 1 aromatic carbocycles. The van der Waals surface area contributed by atoms with E-state index in [2.05, 4.69) is 15.3 Å². The number of anilines is 1. The van der Waals surface area contributed by atoms with E-state index in [0.717, 1.165) is 25.7 Å². The van der Waals surface area contributed by atoms with Gasteiger partial charge in [0.05, 0.1) is 5.56 Å². The zero-order chi connectivity index (χ0) is 19.8. The summed E-state index contributed by atoms with van der Waals surface area (Å²) in [7, 11) is 0. The number of hydrogen-bond donors (Lipinski definition) is 1. The zero-order valence-corrected chi connectivity index (χ0v) is 15.4. The molecule has 1 saturated carbocycles. The number of aromatic nitrogens is 2. The summed E-state index contributed by atoms with van der Waals surface area (Å²) in [5, 5.41) is 2.61. The van der Waals surface area contributed by atoms with Crippen molar-refractivity contribution in [2.45, 2.75) is 44.6 Å². The fourth-order valence-corrected chi connectivity index (χ4v) is 2.95. The number of benzene rings is 1. The lowest BCUT2D eigenvalue weighted by atomic mass is 10.1. The smallest absolute Gasteiger partial charge is 0.344 e. The Hall–Kier alpha value is -3.03. The van der Waals surface area contributed by atoms with Crippen LogP contribution >= 0.6 is 0 Å². The van der Waals surface area contributed by atoms with Crippen LogP contribution in [0.3, 0.4) is 0 Å². The van der Waals surface area contributed by atoms with Crippen LogP contribution in [0.15, 0.2) is 36.7 Å². The molecule has 0 aliphatic heterocycles. The van der Waals surface area contributed by atoms with Gasteiger partial charge in [-0.2, -0.15) is 0 Å². The van der Waals surface area contributed by atoms with Gasteiger partial charge in [-0.25, -0.2) is 19.2 Å². The van der Waals surface area contributed by atoms with E-state index in [1.807, 2.05) is 0 Å². The maximum atomic E-state index is 12.9. The van der Waals surface area contributed by atoms with E-state index in [9.17, 15) is 14.0 Å². The largest absolute Gasteiger partial charge is 0.460 e. The Morgan fingerprint density at radius 2 is 1.68 bits per heavy atom. The van der Waals surface area contributed by atoms with Gasteiger partial charge in [0.15, 0.2) is 6.61 Å². The predicted molar refractivity (Wildman–Crippen MR) is 99.5 cm³/mol. The molecule has 0 unspecified atom stereocenters. The third-order valence-electron chi connectivity index (χ3n) is 4.41. The third-order valence-corrected chi connectivity index (χ3v) is 4.41. The fourth-order valence-electron chi connectivity index (χ4n) is 2.95. The molecule has 3 rings (SSSR count). The van der Waals surface area contributed by atoms with Crippen molar-refractivity contribution in [2.75, 3.05) is 11.9 Å². The van der Waals surface area contributed by atoms with Gasteiger partial charge >= 0.3 is 12.0 Å². The van der Waals surface area contributed by atoms with Gasteiger partial charge in [-0.3, -0.25) is 4.79 Å². The summed E-state index contributed by atoms with van der Waals surface area (Å²) in [5.41, 5.74) is 0.658. The third kappa shape index (κ3) is 6.00. The average molecular weight is 387 g/mol. The summed E-state index contributed by atoms with van der Waals surface area (Å²) in [6, 6.07) is 5.38. The number of ether oxygens (including phenoxy) is 2. The van der Waals surface area contributed by atoms with Crippen molar-refractivity contribution in [3.63, 3.8) is 0 Å². The van der Waals surface area contributed by atoms with Crippen molar-refractivity contribution in [2.24, 2.45) is 0 Å². The highest BCUT2D eigenvalue weighted by molar-refractivity contribution is 6.03. The number of rotatable bonds is 6. The van der Waals surface area contributed by atoms with Crippen LogP contribution in [0.1, 0.15) is 48.9 Å². The molecule has 7 nitrogen and oxygen atoms in total. The molecule has 0 spiro atoms. The van der Waals surface area contributed by atoms with Gasteiger partial charge < -0.3 is 14.8 Å². The minimum atomic E-state index is -0.450. The van der Waals surface area contributed by atoms with Gasteiger partial charge in [0.25, 0.3) is 5.91 Å². The van der Waals surface area contributed by atoms with Crippen LogP contribution in [0.25, 0.3) is 0 Å². The first-order valence-electron chi connectivity index (χ1n) is 9.31. The lowest BCUT2D eigenvalue weighted by Crippen LogP contribution is -2.23. The Morgan fingerprint density at radius 1 is 1.04 bits per heavy atom. The van der Waals surface area contributed by atoms with E-state index < -0.39 is 11.9 Å². The lowest BCUT2D eigenvalue weighted by Gasteiger charge is -2.15. The second kappa shape index (κ2) is 9.77. The predicted octanol–water partition coefficient (Wildman–Crippen LogP) is 3.51. The van der Waals surface area contributed by atoms with Crippen molar-refractivity contribution >= 4 is 17.6 Å². The topological polar surface area (TPSA) is 90.4 Å². The molecule has 1 fully saturated rings. The normalized spacial score (nSPS) is 14.8. The molecule has 0 saturated heterocycles. The average Bonchev–Trinajstić information content (AvgIpc) is 2.97. The first-order valence-corrected chi connectivity index (χ1v) is 9.31. The van der Waals surface area contributed by atoms with E-state index in [0.29, 0.717) is 5.69 Å². The number of hydrogen-bond acceptors (Lipinski definition) is 6. The monoisotopic (exact) mass is 387 g/mol. The van der Waals surface area contributed by atoms with Crippen LogP contribution in [0, 0.1) is 5.82 Å². The van der Waals surface area contributed by atoms with Crippen LogP contribution in [-0.2, 0) is 9.53 Å². The minimum absolute atomic E-state index is 0.0175. The summed E-state index contributed by atoms with van der Waals surface area (Å²) >= 11 is 0. The first kappa shape index (κ1) is 19.7. The number of esters is 1. The molecule has 0 radical (unpaired) electrons. The molecule has 148 valence electrons. The van der Waals surface area contributed by atoms with Crippen molar-refractivity contribution in [1.29, 1.82) is 0 Å². The molecule has 1 N–H and O–H groups in total. The Kier molecular flexibility index (Phi) is 6.89. The molecular formula is C20H22FN3O4. The molecule has 1 heterocycles. The van der Waals surface area contributed by atoms with Crippen LogP contribution < -0.4 is 10.1 Å². The standard InChI is InChI=1S/C20H22FN3O4/c21-15-7-9-16(10-8-15)24-19(26)14-11-22-20(23-12-14)27-13-18(25)28-17-5-3-1-2-4-6-17/h7-12,17H,1-6,13H2,(H,24,26). The van der Waals surface area contributed by atoms with Gasteiger partial charge in [-0.1, -0.05) is 12.8 Å². The van der Waals surface area contributed by atoms with Crippen molar-refractivity contribution < 1.29 is 23.5 Å². The first-order chi connectivity index (χ1) is 13.6. The van der Waals surface area contributed by atoms with Gasteiger partial charge in [0.2, 0.25) is 0 Å². The van der Waals surface area contributed by atoms with Gasteiger partial charge in [-0.05, 0) is 49.9 Å². The van der Waals surface area contributed by atoms with Gasteiger partial charge in [0, 0.05) is 18.1 Å². The number of nitrogens with zero attached hydrogens (tertiary/aromatic N) is 2. The molecule has 2 aromatic rings. The molecule has 8 heteroatoms. The van der Waals surface area contributed by atoms with E-state index in [1.54, 1.807) is 0 Å². The van der Waals surface area contributed by atoms with Crippen molar-refractivity contribution in [3.8, 4) is 6.01 Å². The molecular weight excluding hydrogens is 365 g/mol. The number of carbonyl (C=O) groups is 2. The van der Waals surface area contributed by atoms with Crippen LogP contribution in [0.4, 0.5) is 10.1 Å². The summed E-state index contributed by atoms with van der Waals surface area (Å²) in [5.74, 6) is -1.28. The summed E-state index contributed by atoms with van der Waals surface area (Å²) in [6.07, 6.45) is 8.82. The quantitative estimate of drug-likeness (QED) is 0.603. The molecule has 1 aliphatic carbocycles. The highest BCUT2D eigenvalue weighted by Gasteiger charge is 2.17. The van der Waals surface area contributed by atoms with Crippen molar-refractivity contribution in [1.82, 2.24) is 9.97 Å². The van der Waals surface area contributed by atoms with Crippen LogP contribution in [0.5, 0.6) is 6.01 Å². The molecule has 1 aliphatic rings. The van der Waals surface area contributed by atoms with E-state index in [-0.39, 0.29) is 30.1 Å². The van der Waals surface area contributed by atoms with Gasteiger partial charge in [-0.15, -0.1) is 0 Å². The number of halogens is 1. The molecule has 0 bridgehead atoms. The summed E-state index contributed by atoms with van der Waals surface area (Å²) in [6.45, 7) is -0.280. The van der Waals surface area contributed by atoms with Gasteiger partial charge in [0.1, 0.15) is 11.9 Å². The fraction of sp³-hybridized carbons (Fsp3) is 0.400. The van der Waals surface area contributed by atoms with E-state index in [4.69, 9.17) is 9.47 Å². The van der Waals surface area contributed by atoms with E-state index in [1.165, 1.54) is 49.5 Å². The number of nitrogens with one attached hydrogen (secondary N) is 1. The Balaban J connectivity index is 1.46. The molecule has 1 aromatic heterocycles. The second-order valence-electron chi connectivity index (χ2n) is 6.61. The Labute approximate surface area is 162 Å². The molecule has 1 amide bonds. The van der Waals surface area contributed by atoms with Crippen molar-refractivity contribution in [3.05, 3.63) is 48.0 Å². The van der Waals surface area contributed by atoms with Crippen LogP contribution in [0.2, 0.25) is 0 Å². The summed E-state index contributed by atoms with van der Waals surface area (Å²) in [4.78, 5) is 31.9. The zero-order valence-electron chi connectivity index (χ0n) is 15.4. The molecule has 28 heavy (non-hydrogen) atoms. The maximum Gasteiger partial charge on any atom is 0.344 e. The Morgan fingerprint density at radius 3 is 2.32 bits per heavy atom. The number of amides is 1. The SMILES string of the molecule is O=C(COc1ncc(C(=O)Nc2ccc(F)cc2)cn1)OC1CCCCCC1. The minimum Gasteiger partial charge on any atom is -0.460 e. The number of carbonyl (C=O) groups excluding carboxylic acids is 2. The highest BCUT2D eigenvalue weighted by atomic mass is 19.1. The molecule has 0 atom stereocenters. The highest BCUT2D eigenvalue weighted by Crippen LogP contribution is 2.20. The Bertz CT molecular complexity index is 788.